The Morgan fingerprint density at radius 3 is 1.91 bits per heavy atom. The minimum Gasteiger partial charge on any atom is -0.410 e. The maximum atomic E-state index is 10.5. The van der Waals surface area contributed by atoms with Crippen molar-refractivity contribution in [2.45, 2.75) is 40.0 Å². The Bertz CT molecular complexity index is 127. The Morgan fingerprint density at radius 1 is 1.36 bits per heavy atom. The fraction of sp³-hybridized carbons (Fsp3) is 0.875. The van der Waals surface area contributed by atoms with E-state index in [9.17, 15) is 4.79 Å². The van der Waals surface area contributed by atoms with Gasteiger partial charge in [0.05, 0.1) is 0 Å². The maximum Gasteiger partial charge on any atom is 0.229 e. The molecule has 0 bridgehead atoms. The van der Waals surface area contributed by atoms with Crippen LogP contribution in [0.4, 0.5) is 0 Å². The number of rotatable bonds is 3. The Balaban J connectivity index is 4.07. The van der Waals surface area contributed by atoms with Crippen LogP contribution in [0.25, 0.3) is 0 Å². The zero-order valence-corrected chi connectivity index (χ0v) is 9.13. The van der Waals surface area contributed by atoms with Gasteiger partial charge in [-0.2, -0.15) is 0 Å². The first-order chi connectivity index (χ1) is 4.88. The highest BCUT2D eigenvalue weighted by molar-refractivity contribution is 6.48. The summed E-state index contributed by atoms with van der Waals surface area (Å²) >= 11 is 0. The second-order valence-electron chi connectivity index (χ2n) is 4.05. The quantitative estimate of drug-likeness (QED) is 0.605. The number of hydrogen-bond donors (Lipinski definition) is 0. The third kappa shape index (κ3) is 4.32. The molecule has 65 valence electrons. The van der Waals surface area contributed by atoms with Gasteiger partial charge in [0.2, 0.25) is 6.29 Å². The van der Waals surface area contributed by atoms with Crippen molar-refractivity contribution in [3.8, 4) is 0 Å². The van der Waals surface area contributed by atoms with Crippen molar-refractivity contribution in [1.82, 2.24) is 0 Å². The van der Waals surface area contributed by atoms with E-state index in [1.807, 2.05) is 27.1 Å². The first kappa shape index (κ1) is 10.8. The highest BCUT2D eigenvalue weighted by Gasteiger charge is 2.26. The molecule has 0 aliphatic heterocycles. The van der Waals surface area contributed by atoms with E-state index in [2.05, 4.69) is 13.1 Å². The Kier molecular flexibility index (Phi) is 3.96. The molecule has 0 spiro atoms. The predicted molar refractivity (Wildman–Crippen MR) is 48.9 cm³/mol. The van der Waals surface area contributed by atoms with E-state index in [1.54, 1.807) is 0 Å². The highest BCUT2D eigenvalue weighted by atomic mass is 28.3. The molecular weight excluding hydrogens is 156 g/mol. The maximum absolute atomic E-state index is 10.5. The van der Waals surface area contributed by atoms with E-state index in [0.29, 0.717) is 0 Å². The molecule has 0 rings (SSSR count). The first-order valence-corrected chi connectivity index (χ1v) is 6.69. The third-order valence-corrected chi connectivity index (χ3v) is 2.12. The van der Waals surface area contributed by atoms with Crippen molar-refractivity contribution in [3.05, 3.63) is 0 Å². The molecule has 0 aromatic carbocycles. The molecule has 3 heteroatoms. The summed E-state index contributed by atoms with van der Waals surface area (Å²) in [4.78, 5) is 10.5. The summed E-state index contributed by atoms with van der Waals surface area (Å²) in [5, 5.41) is 0. The molecule has 0 heterocycles. The molecule has 2 nitrogen and oxygen atoms in total. The van der Waals surface area contributed by atoms with Gasteiger partial charge in [-0.25, -0.2) is 0 Å². The molecule has 0 aromatic rings. The molecule has 0 fully saturated rings. The molecule has 1 atom stereocenters. The van der Waals surface area contributed by atoms with Crippen molar-refractivity contribution in [2.24, 2.45) is 5.41 Å². The molecule has 0 aromatic heterocycles. The van der Waals surface area contributed by atoms with E-state index in [4.69, 9.17) is 4.43 Å². The molecule has 0 N–H and O–H groups in total. The van der Waals surface area contributed by atoms with Crippen LogP contribution in [0, 0.1) is 5.41 Å². The van der Waals surface area contributed by atoms with Crippen molar-refractivity contribution >= 4 is 15.3 Å². The minimum absolute atomic E-state index is 0.112. The average molecular weight is 173 g/mol. The molecule has 0 aliphatic rings. The van der Waals surface area contributed by atoms with E-state index in [-0.39, 0.29) is 11.5 Å². The van der Waals surface area contributed by atoms with E-state index >= 15 is 0 Å². The molecule has 1 unspecified atom stereocenters. The van der Waals surface area contributed by atoms with Gasteiger partial charge in [0.15, 0.2) is 9.04 Å². The van der Waals surface area contributed by atoms with Gasteiger partial charge >= 0.3 is 0 Å². The second-order valence-corrected chi connectivity index (χ2v) is 6.42. The lowest BCUT2D eigenvalue weighted by molar-refractivity contribution is 0.142. The third-order valence-electron chi connectivity index (χ3n) is 1.30. The largest absolute Gasteiger partial charge is 0.410 e. The van der Waals surface area contributed by atoms with Gasteiger partial charge in [0, 0.05) is 0 Å². The fourth-order valence-electron chi connectivity index (χ4n) is 0.681. The summed E-state index contributed by atoms with van der Waals surface area (Å²) in [7, 11) is -1.11. The minimum atomic E-state index is -1.11. The molecule has 0 amide bonds. The van der Waals surface area contributed by atoms with E-state index in [1.165, 1.54) is 0 Å². The zero-order chi connectivity index (χ0) is 9.07. The lowest BCUT2D eigenvalue weighted by atomic mass is 9.90. The standard InChI is InChI=1S/C8H17O2Si/c1-8(2,3)7(6-9)10-11(4)5/h7,11H,1-5H3. The van der Waals surface area contributed by atoms with Gasteiger partial charge in [-0.05, 0) is 18.5 Å². The van der Waals surface area contributed by atoms with Crippen molar-refractivity contribution in [3.63, 3.8) is 0 Å². The SMILES string of the molecule is C[SiH](C)OC([C]=O)C(C)(C)C. The van der Waals surface area contributed by atoms with E-state index in [0.717, 1.165) is 0 Å². The molecule has 0 aliphatic carbocycles. The Hall–Kier alpha value is -0.153. The molecule has 0 saturated heterocycles. The van der Waals surface area contributed by atoms with Crippen LogP contribution >= 0.6 is 0 Å². The van der Waals surface area contributed by atoms with Gasteiger partial charge in [-0.1, -0.05) is 20.8 Å². The highest BCUT2D eigenvalue weighted by Crippen LogP contribution is 2.20. The lowest BCUT2D eigenvalue weighted by Crippen LogP contribution is -2.34. The van der Waals surface area contributed by atoms with Gasteiger partial charge < -0.3 is 4.43 Å². The van der Waals surface area contributed by atoms with Crippen LogP contribution in [-0.4, -0.2) is 21.4 Å². The van der Waals surface area contributed by atoms with Crippen LogP contribution in [0.2, 0.25) is 13.1 Å². The topological polar surface area (TPSA) is 26.3 Å². The average Bonchev–Trinajstić information content (AvgIpc) is 1.79. The smallest absolute Gasteiger partial charge is 0.229 e. The van der Waals surface area contributed by atoms with E-state index < -0.39 is 9.04 Å². The van der Waals surface area contributed by atoms with Gasteiger partial charge in [0.1, 0.15) is 6.10 Å². The summed E-state index contributed by atoms with van der Waals surface area (Å²) in [6, 6.07) is 0. The van der Waals surface area contributed by atoms with Crippen LogP contribution < -0.4 is 0 Å². The monoisotopic (exact) mass is 173 g/mol. The number of hydrogen-bond acceptors (Lipinski definition) is 2. The summed E-state index contributed by atoms with van der Waals surface area (Å²) in [6.45, 7) is 10.1. The summed E-state index contributed by atoms with van der Waals surface area (Å²) < 4.78 is 5.48. The predicted octanol–water partition coefficient (Wildman–Crippen LogP) is 1.51. The zero-order valence-electron chi connectivity index (χ0n) is 7.97. The normalized spacial score (nSPS) is 15.1. The van der Waals surface area contributed by atoms with Gasteiger partial charge in [-0.3, -0.25) is 4.79 Å². The fourth-order valence-corrected chi connectivity index (χ4v) is 1.69. The summed E-state index contributed by atoms with van der Waals surface area (Å²) in [6.07, 6.45) is 1.58. The van der Waals surface area contributed by atoms with Crippen LogP contribution in [0.1, 0.15) is 20.8 Å². The second kappa shape index (κ2) is 4.02. The van der Waals surface area contributed by atoms with Crippen LogP contribution in [0.3, 0.4) is 0 Å². The van der Waals surface area contributed by atoms with Crippen molar-refractivity contribution in [1.29, 1.82) is 0 Å². The van der Waals surface area contributed by atoms with Crippen molar-refractivity contribution < 1.29 is 9.22 Å². The molecule has 1 radical (unpaired) electrons. The van der Waals surface area contributed by atoms with Crippen LogP contribution in [0.15, 0.2) is 0 Å². The van der Waals surface area contributed by atoms with Gasteiger partial charge in [0.25, 0.3) is 0 Å². The lowest BCUT2D eigenvalue weighted by Gasteiger charge is -2.27. The molecule has 0 saturated carbocycles. The Labute approximate surface area is 70.7 Å². The molecule has 11 heavy (non-hydrogen) atoms. The van der Waals surface area contributed by atoms with Gasteiger partial charge in [-0.15, -0.1) is 0 Å². The van der Waals surface area contributed by atoms with Crippen LogP contribution in [0.5, 0.6) is 0 Å². The Morgan fingerprint density at radius 2 is 1.82 bits per heavy atom. The van der Waals surface area contributed by atoms with Crippen LogP contribution in [-0.2, 0) is 9.22 Å². The summed E-state index contributed by atoms with van der Waals surface area (Å²) in [5.74, 6) is 0. The summed E-state index contributed by atoms with van der Waals surface area (Å²) in [5.41, 5.74) is -0.112. The molecular formula is C8H17O2Si. The van der Waals surface area contributed by atoms with Crippen molar-refractivity contribution in [2.75, 3.05) is 0 Å². The number of carbonyl (C=O) groups excluding carboxylic acids is 1. The first-order valence-electron chi connectivity index (χ1n) is 3.91.